The lowest BCUT2D eigenvalue weighted by atomic mass is 9.67. The quantitative estimate of drug-likeness (QED) is 0.196. The Morgan fingerprint density at radius 2 is 1.30 bits per heavy atom. The first kappa shape index (κ1) is 35.9. The minimum Gasteiger partial charge on any atom is -0.462 e. The number of hydrogen-bond donors (Lipinski definition) is 0. The van der Waals surface area contributed by atoms with Gasteiger partial charge in [0.2, 0.25) is 0 Å². The largest absolute Gasteiger partial charge is 0.462 e. The molecule has 0 bridgehead atoms. The van der Waals surface area contributed by atoms with Gasteiger partial charge >= 0.3 is 11.9 Å². The molecule has 0 radical (unpaired) electrons. The van der Waals surface area contributed by atoms with Gasteiger partial charge in [-0.15, -0.1) is 0 Å². The molecule has 1 saturated heterocycles. The van der Waals surface area contributed by atoms with Crippen molar-refractivity contribution in [3.63, 3.8) is 0 Å². The number of esters is 2. The van der Waals surface area contributed by atoms with Crippen molar-refractivity contribution < 1.29 is 28.5 Å². The van der Waals surface area contributed by atoms with E-state index in [2.05, 4.69) is 11.8 Å². The maximum Gasteiger partial charge on any atom is 0.311 e. The molecule has 7 heteroatoms. The van der Waals surface area contributed by atoms with Gasteiger partial charge in [-0.3, -0.25) is 9.59 Å². The number of likely N-dealkylation sites (tertiary alicyclic amines) is 1. The number of ether oxygens (including phenoxy) is 4. The van der Waals surface area contributed by atoms with Crippen LogP contribution in [-0.4, -0.2) is 73.6 Å². The van der Waals surface area contributed by atoms with Crippen LogP contribution in [0.4, 0.5) is 0 Å². The van der Waals surface area contributed by atoms with Crippen LogP contribution < -0.4 is 0 Å². The van der Waals surface area contributed by atoms with E-state index < -0.39 is 10.8 Å². The Bertz CT molecular complexity index is 1050. The van der Waals surface area contributed by atoms with Crippen molar-refractivity contribution in [3.8, 4) is 0 Å². The van der Waals surface area contributed by atoms with Gasteiger partial charge in [0.05, 0.1) is 35.7 Å². The zero-order chi connectivity index (χ0) is 33.1. The molecule has 3 saturated carbocycles. The van der Waals surface area contributed by atoms with Gasteiger partial charge in [-0.05, 0) is 156 Å². The van der Waals surface area contributed by atoms with Crippen LogP contribution >= 0.6 is 0 Å². The molecule has 0 aromatic carbocycles. The fourth-order valence-electron chi connectivity index (χ4n) is 8.70. The molecule has 5 aliphatic rings. The molecule has 2 heterocycles. The number of nitrogens with zero attached hydrogens (tertiary/aromatic N) is 1. The molecule has 5 rings (SSSR count). The molecule has 3 unspecified atom stereocenters. The molecule has 0 spiro atoms. The second-order valence-electron chi connectivity index (χ2n) is 17.4. The first-order valence-corrected chi connectivity index (χ1v) is 18.9. The van der Waals surface area contributed by atoms with E-state index in [4.69, 9.17) is 18.9 Å². The predicted octanol–water partition coefficient (Wildman–Crippen LogP) is 8.04. The highest BCUT2D eigenvalue weighted by Crippen LogP contribution is 2.49. The van der Waals surface area contributed by atoms with E-state index in [9.17, 15) is 9.59 Å². The molecule has 7 nitrogen and oxygen atoms in total. The molecule has 0 N–H and O–H groups in total. The van der Waals surface area contributed by atoms with Crippen LogP contribution in [-0.2, 0) is 28.5 Å². The van der Waals surface area contributed by atoms with Gasteiger partial charge in [-0.25, -0.2) is 0 Å². The summed E-state index contributed by atoms with van der Waals surface area (Å²) in [5.41, 5.74) is 2.13. The molecule has 262 valence electrons. The van der Waals surface area contributed by atoms with Gasteiger partial charge in [-0.2, -0.15) is 0 Å². The fraction of sp³-hybridized carbons (Fsp3) is 0.897. The summed E-state index contributed by atoms with van der Waals surface area (Å²) in [6, 6.07) is 0. The third-order valence-electron chi connectivity index (χ3n) is 11.6. The highest BCUT2D eigenvalue weighted by molar-refractivity contribution is 5.76. The summed E-state index contributed by atoms with van der Waals surface area (Å²) < 4.78 is 25.6. The molecule has 0 aromatic rings. The summed E-state index contributed by atoms with van der Waals surface area (Å²) in [5, 5.41) is 0. The third-order valence-corrected chi connectivity index (χ3v) is 11.6. The summed E-state index contributed by atoms with van der Waals surface area (Å²) in [7, 11) is 0. The van der Waals surface area contributed by atoms with Crippen molar-refractivity contribution >= 4 is 11.9 Å². The van der Waals surface area contributed by atoms with Crippen LogP contribution in [0.15, 0.2) is 11.1 Å². The Kier molecular flexibility index (Phi) is 12.0. The number of carbonyl (C=O) groups is 2. The SMILES string of the molecule is CC1=C(C2CCC(OC(=O)C(C)(C)C)CC2)[C@H](C2CCC(OCCN3CCCCC3)CC2)OC2CC(OC(=O)C(C)(C)C)CCC12. The highest BCUT2D eigenvalue weighted by atomic mass is 16.6. The molecule has 0 aromatic heterocycles. The molecule has 3 aliphatic carbocycles. The van der Waals surface area contributed by atoms with Crippen molar-refractivity contribution in [1.82, 2.24) is 4.90 Å². The van der Waals surface area contributed by atoms with E-state index in [1.165, 1.54) is 37.9 Å². The maximum absolute atomic E-state index is 12.8. The molecule has 46 heavy (non-hydrogen) atoms. The zero-order valence-corrected chi connectivity index (χ0v) is 30.2. The fourth-order valence-corrected chi connectivity index (χ4v) is 8.70. The molecule has 4 atom stereocenters. The van der Waals surface area contributed by atoms with Gasteiger partial charge in [0.15, 0.2) is 0 Å². The van der Waals surface area contributed by atoms with Crippen LogP contribution in [0.3, 0.4) is 0 Å². The minimum absolute atomic E-state index is 0.0186. The highest BCUT2D eigenvalue weighted by Gasteiger charge is 2.46. The smallest absolute Gasteiger partial charge is 0.311 e. The van der Waals surface area contributed by atoms with Gasteiger partial charge in [0.25, 0.3) is 0 Å². The monoisotopic (exact) mass is 643 g/mol. The Hall–Kier alpha value is -1.44. The molecule has 2 aliphatic heterocycles. The zero-order valence-electron chi connectivity index (χ0n) is 30.2. The first-order chi connectivity index (χ1) is 21.8. The van der Waals surface area contributed by atoms with Crippen molar-refractivity contribution in [1.29, 1.82) is 0 Å². The van der Waals surface area contributed by atoms with Gasteiger partial charge < -0.3 is 23.8 Å². The second-order valence-corrected chi connectivity index (χ2v) is 17.4. The van der Waals surface area contributed by atoms with Crippen molar-refractivity contribution in [2.24, 2.45) is 28.6 Å². The molecular formula is C39H65NO6. The number of piperidine rings is 1. The van der Waals surface area contributed by atoms with Crippen LogP contribution in [0.2, 0.25) is 0 Å². The van der Waals surface area contributed by atoms with Gasteiger partial charge in [-0.1, -0.05) is 12.0 Å². The Morgan fingerprint density at radius 1 is 0.739 bits per heavy atom. The lowest BCUT2D eigenvalue weighted by molar-refractivity contribution is -0.167. The lowest BCUT2D eigenvalue weighted by Gasteiger charge is -2.49. The van der Waals surface area contributed by atoms with E-state index in [1.54, 1.807) is 5.57 Å². The standard InChI is InChI=1S/C39H65NO6/c1-26-32-20-19-31(45-37(42)39(5,6)7)25-33(32)46-35(34(26)27-11-17-30(18-12-27)44-36(41)38(2,3)4)28-13-15-29(16-14-28)43-24-23-40-21-9-8-10-22-40/h27-33,35H,8-25H2,1-7H3/t27?,28?,29?,30?,31?,32?,33?,35-/m0/s1. The summed E-state index contributed by atoms with van der Waals surface area (Å²) >= 11 is 0. The first-order valence-electron chi connectivity index (χ1n) is 18.9. The molecule has 0 amide bonds. The summed E-state index contributed by atoms with van der Waals surface area (Å²) in [4.78, 5) is 27.9. The van der Waals surface area contributed by atoms with E-state index in [0.717, 1.165) is 83.8 Å². The molecular weight excluding hydrogens is 578 g/mol. The minimum atomic E-state index is -0.496. The van der Waals surface area contributed by atoms with Crippen molar-refractivity contribution in [2.75, 3.05) is 26.2 Å². The second kappa shape index (κ2) is 15.4. The number of fused-ring (bicyclic) bond motifs is 1. The van der Waals surface area contributed by atoms with Crippen LogP contribution in [0.1, 0.15) is 138 Å². The summed E-state index contributed by atoms with van der Waals surface area (Å²) in [6.07, 6.45) is 15.7. The number of rotatable bonds is 8. The summed E-state index contributed by atoms with van der Waals surface area (Å²) in [5.74, 6) is 1.15. The third kappa shape index (κ3) is 9.16. The average Bonchev–Trinajstić information content (AvgIpc) is 3.01. The lowest BCUT2D eigenvalue weighted by Crippen LogP contribution is -2.48. The summed E-state index contributed by atoms with van der Waals surface area (Å²) in [6.45, 7) is 18.3. The van der Waals surface area contributed by atoms with Crippen LogP contribution in [0.25, 0.3) is 0 Å². The van der Waals surface area contributed by atoms with E-state index >= 15 is 0 Å². The topological polar surface area (TPSA) is 74.3 Å². The van der Waals surface area contributed by atoms with Crippen LogP contribution in [0, 0.1) is 28.6 Å². The number of hydrogen-bond acceptors (Lipinski definition) is 7. The van der Waals surface area contributed by atoms with E-state index in [-0.39, 0.29) is 36.4 Å². The van der Waals surface area contributed by atoms with E-state index in [0.29, 0.717) is 23.9 Å². The van der Waals surface area contributed by atoms with E-state index in [1.807, 2.05) is 41.5 Å². The van der Waals surface area contributed by atoms with Crippen molar-refractivity contribution in [3.05, 3.63) is 11.1 Å². The Morgan fingerprint density at radius 3 is 1.91 bits per heavy atom. The Labute approximate surface area is 279 Å². The average molecular weight is 644 g/mol. The van der Waals surface area contributed by atoms with Crippen molar-refractivity contribution in [2.45, 2.75) is 169 Å². The van der Waals surface area contributed by atoms with Gasteiger partial charge in [0.1, 0.15) is 12.2 Å². The normalized spacial score (nSPS) is 34.9. The number of carbonyl (C=O) groups excluding carboxylic acids is 2. The predicted molar refractivity (Wildman–Crippen MR) is 181 cm³/mol. The maximum atomic E-state index is 12.8. The molecule has 4 fully saturated rings. The Balaban J connectivity index is 1.24. The van der Waals surface area contributed by atoms with Gasteiger partial charge in [0, 0.05) is 18.9 Å². The van der Waals surface area contributed by atoms with Crippen LogP contribution in [0.5, 0.6) is 0 Å².